The molecule has 5 rings (SSSR count). The Balaban J connectivity index is 1.41. The zero-order chi connectivity index (χ0) is 30.6. The van der Waals surface area contributed by atoms with Gasteiger partial charge in [0.15, 0.2) is 0 Å². The van der Waals surface area contributed by atoms with Crippen LogP contribution < -0.4 is 4.90 Å². The Morgan fingerprint density at radius 1 is 1.00 bits per heavy atom. The third kappa shape index (κ3) is 5.58. The zero-order valence-corrected chi connectivity index (χ0v) is 22.9. The van der Waals surface area contributed by atoms with Crippen LogP contribution in [0.3, 0.4) is 0 Å². The molecular formula is C31H29F6NO4. The van der Waals surface area contributed by atoms with Crippen LogP contribution in [-0.2, 0) is 26.7 Å². The van der Waals surface area contributed by atoms with E-state index in [1.807, 2.05) is 26.0 Å². The Hall–Kier alpha value is -3.60. The van der Waals surface area contributed by atoms with E-state index in [2.05, 4.69) is 0 Å². The number of hydrogen-bond acceptors (Lipinski definition) is 4. The van der Waals surface area contributed by atoms with Gasteiger partial charge in [0.05, 0.1) is 41.4 Å². The van der Waals surface area contributed by atoms with Crippen LogP contribution in [-0.4, -0.2) is 29.6 Å². The summed E-state index contributed by atoms with van der Waals surface area (Å²) in [7, 11) is 0. The van der Waals surface area contributed by atoms with Crippen molar-refractivity contribution in [3.05, 3.63) is 75.9 Å². The fourth-order valence-electron chi connectivity index (χ4n) is 6.46. The summed E-state index contributed by atoms with van der Waals surface area (Å²) in [6, 6.07) is 7.64. The van der Waals surface area contributed by atoms with Crippen molar-refractivity contribution in [1.29, 1.82) is 0 Å². The second-order valence-electron chi connectivity index (χ2n) is 11.1. The predicted molar refractivity (Wildman–Crippen MR) is 142 cm³/mol. The van der Waals surface area contributed by atoms with E-state index in [1.54, 1.807) is 18.2 Å². The number of rotatable bonds is 6. The number of carbonyl (C=O) groups is 2. The summed E-state index contributed by atoms with van der Waals surface area (Å²) in [5.74, 6) is -3.76. The number of phenolic OH excluding ortho intramolecular Hbond substituents is 1. The SMILES string of the molecule is CCC1=C2[C@@H](CC/C(C)=C/c3cccc(O)c3)OC[C@@H]2[C@@H]2C(=O)N(c3cc(C(F)(F)F)cc(C(F)(F)F)c3)C(=O)[C@@H]2C1. The van der Waals surface area contributed by atoms with Gasteiger partial charge in [0.1, 0.15) is 5.75 Å². The zero-order valence-electron chi connectivity index (χ0n) is 22.9. The molecule has 0 spiro atoms. The summed E-state index contributed by atoms with van der Waals surface area (Å²) < 4.78 is 87.1. The number of nitrogens with zero attached hydrogens (tertiary/aromatic N) is 1. The van der Waals surface area contributed by atoms with Gasteiger partial charge < -0.3 is 9.84 Å². The first-order valence-corrected chi connectivity index (χ1v) is 13.7. The molecule has 42 heavy (non-hydrogen) atoms. The van der Waals surface area contributed by atoms with Gasteiger partial charge in [-0.1, -0.05) is 36.3 Å². The van der Waals surface area contributed by atoms with E-state index in [9.17, 15) is 41.0 Å². The smallest absolute Gasteiger partial charge is 0.416 e. The summed E-state index contributed by atoms with van der Waals surface area (Å²) >= 11 is 0. The van der Waals surface area contributed by atoms with Crippen molar-refractivity contribution in [1.82, 2.24) is 0 Å². The van der Waals surface area contributed by atoms with Crippen molar-refractivity contribution in [2.75, 3.05) is 11.5 Å². The maximum atomic E-state index is 13.6. The van der Waals surface area contributed by atoms with E-state index in [0.717, 1.165) is 22.3 Å². The van der Waals surface area contributed by atoms with Crippen molar-refractivity contribution in [2.24, 2.45) is 17.8 Å². The lowest BCUT2D eigenvalue weighted by molar-refractivity contribution is -0.143. The van der Waals surface area contributed by atoms with Crippen LogP contribution in [0.2, 0.25) is 0 Å². The molecule has 1 N–H and O–H groups in total. The molecule has 2 aromatic carbocycles. The molecule has 2 heterocycles. The first-order chi connectivity index (χ1) is 19.7. The Labute approximate surface area is 238 Å². The Bertz CT molecular complexity index is 1440. The van der Waals surface area contributed by atoms with Gasteiger partial charge in [0.2, 0.25) is 11.8 Å². The fraction of sp³-hybridized carbons (Fsp3) is 0.419. The number of hydrogen-bond donors (Lipinski definition) is 1. The average Bonchev–Trinajstić information content (AvgIpc) is 3.44. The fourth-order valence-corrected chi connectivity index (χ4v) is 6.46. The Kier molecular flexibility index (Phi) is 7.76. The summed E-state index contributed by atoms with van der Waals surface area (Å²) in [6.45, 7) is 3.98. The van der Waals surface area contributed by atoms with Crippen molar-refractivity contribution in [3.63, 3.8) is 0 Å². The highest BCUT2D eigenvalue weighted by atomic mass is 19.4. The van der Waals surface area contributed by atoms with Crippen molar-refractivity contribution in [2.45, 2.75) is 58.0 Å². The summed E-state index contributed by atoms with van der Waals surface area (Å²) in [4.78, 5) is 27.6. The second-order valence-corrected chi connectivity index (χ2v) is 11.1. The summed E-state index contributed by atoms with van der Waals surface area (Å²) in [5.41, 5.74) is -0.199. The minimum Gasteiger partial charge on any atom is -0.508 e. The number of amides is 2. The standard InChI is InChI=1S/C31H29F6NO4/c1-3-18-11-23-27(24-15-42-25(26(18)24)8-7-16(2)9-17-5-4-6-22(39)10-17)29(41)38(28(23)40)21-13-19(30(32,33)34)12-20(14-21)31(35,36)37/h4-6,9-10,12-14,23-25,27,39H,3,7-8,11,15H2,1-2H3/b16-9+/t23-,24+,25-,27-/m1/s1. The average molecular weight is 594 g/mol. The highest BCUT2D eigenvalue weighted by Gasteiger charge is 2.57. The van der Waals surface area contributed by atoms with E-state index in [1.165, 1.54) is 0 Å². The topological polar surface area (TPSA) is 66.8 Å². The van der Waals surface area contributed by atoms with E-state index in [0.29, 0.717) is 36.3 Å². The maximum Gasteiger partial charge on any atom is 0.416 e. The molecule has 0 saturated carbocycles. The van der Waals surface area contributed by atoms with Crippen LogP contribution in [0.1, 0.15) is 56.2 Å². The van der Waals surface area contributed by atoms with Gasteiger partial charge in [-0.05, 0) is 74.1 Å². The number of ether oxygens (including phenoxy) is 1. The first kappa shape index (κ1) is 29.9. The van der Waals surface area contributed by atoms with Gasteiger partial charge in [-0.15, -0.1) is 0 Å². The van der Waals surface area contributed by atoms with Crippen LogP contribution in [0.4, 0.5) is 32.0 Å². The van der Waals surface area contributed by atoms with E-state index in [-0.39, 0.29) is 30.9 Å². The number of halogens is 6. The molecule has 2 saturated heterocycles. The molecule has 0 unspecified atom stereocenters. The van der Waals surface area contributed by atoms with Crippen LogP contribution in [0, 0.1) is 17.8 Å². The quantitative estimate of drug-likeness (QED) is 0.214. The Morgan fingerprint density at radius 3 is 2.26 bits per heavy atom. The number of benzene rings is 2. The van der Waals surface area contributed by atoms with Gasteiger partial charge >= 0.3 is 12.4 Å². The monoisotopic (exact) mass is 593 g/mol. The molecule has 11 heteroatoms. The highest BCUT2D eigenvalue weighted by molar-refractivity contribution is 6.22. The molecular weight excluding hydrogens is 564 g/mol. The number of carbonyl (C=O) groups excluding carboxylic acids is 2. The highest BCUT2D eigenvalue weighted by Crippen LogP contribution is 2.51. The summed E-state index contributed by atoms with van der Waals surface area (Å²) in [5, 5.41) is 9.71. The van der Waals surface area contributed by atoms with Crippen LogP contribution in [0.5, 0.6) is 5.75 Å². The Morgan fingerprint density at radius 2 is 1.67 bits per heavy atom. The minimum absolute atomic E-state index is 0.0250. The number of allylic oxidation sites excluding steroid dienone is 2. The van der Waals surface area contributed by atoms with E-state index < -0.39 is 58.7 Å². The maximum absolute atomic E-state index is 13.6. The van der Waals surface area contributed by atoms with Gasteiger partial charge in [0, 0.05) is 5.92 Å². The molecule has 1 aliphatic carbocycles. The lowest BCUT2D eigenvalue weighted by Crippen LogP contribution is -2.34. The largest absolute Gasteiger partial charge is 0.508 e. The molecule has 0 bridgehead atoms. The lowest BCUT2D eigenvalue weighted by atomic mass is 9.69. The normalized spacial score (nSPS) is 24.9. The number of anilines is 1. The van der Waals surface area contributed by atoms with Crippen molar-refractivity contribution >= 4 is 23.6 Å². The first-order valence-electron chi connectivity index (χ1n) is 13.7. The molecule has 0 radical (unpaired) electrons. The van der Waals surface area contributed by atoms with Gasteiger partial charge in [-0.3, -0.25) is 9.59 Å². The molecule has 2 aliphatic heterocycles. The number of fused-ring (bicyclic) bond motifs is 3. The van der Waals surface area contributed by atoms with Gasteiger partial charge in [0.25, 0.3) is 0 Å². The van der Waals surface area contributed by atoms with Gasteiger partial charge in [-0.2, -0.15) is 26.3 Å². The second kappa shape index (κ2) is 10.9. The van der Waals surface area contributed by atoms with E-state index >= 15 is 0 Å². The van der Waals surface area contributed by atoms with Crippen LogP contribution >= 0.6 is 0 Å². The molecule has 5 nitrogen and oxygen atoms in total. The summed E-state index contributed by atoms with van der Waals surface area (Å²) in [6.07, 6.45) is -6.63. The molecule has 2 amide bonds. The molecule has 0 aromatic heterocycles. The number of imide groups is 1. The number of alkyl halides is 6. The lowest BCUT2D eigenvalue weighted by Gasteiger charge is -2.31. The third-order valence-corrected chi connectivity index (χ3v) is 8.35. The number of phenols is 1. The van der Waals surface area contributed by atoms with Crippen LogP contribution in [0.25, 0.3) is 6.08 Å². The third-order valence-electron chi connectivity index (χ3n) is 8.35. The van der Waals surface area contributed by atoms with Crippen molar-refractivity contribution in [3.8, 4) is 5.75 Å². The molecule has 224 valence electrons. The number of aromatic hydroxyl groups is 1. The minimum atomic E-state index is -5.11. The molecule has 2 fully saturated rings. The molecule has 3 aliphatic rings. The molecule has 4 atom stereocenters. The van der Waals surface area contributed by atoms with Crippen molar-refractivity contribution < 1.29 is 45.8 Å². The van der Waals surface area contributed by atoms with Gasteiger partial charge in [-0.25, -0.2) is 4.90 Å². The molecule has 2 aromatic rings. The van der Waals surface area contributed by atoms with Crippen LogP contribution in [0.15, 0.2) is 59.2 Å². The van der Waals surface area contributed by atoms with E-state index in [4.69, 9.17) is 4.74 Å². The predicted octanol–water partition coefficient (Wildman–Crippen LogP) is 7.54.